The number of aryl methyl sites for hydroxylation is 1. The molecule has 26 heavy (non-hydrogen) atoms. The fourth-order valence-electron chi connectivity index (χ4n) is 2.49. The lowest BCUT2D eigenvalue weighted by molar-refractivity contribution is -0.119. The molecular formula is C17H18FN5O2S. The molecule has 2 aromatic heterocycles. The molecule has 1 aromatic carbocycles. The zero-order chi connectivity index (χ0) is 18.8. The van der Waals surface area contributed by atoms with Crippen LogP contribution in [0.25, 0.3) is 10.9 Å². The Balaban J connectivity index is 1.71. The van der Waals surface area contributed by atoms with Gasteiger partial charge in [0.2, 0.25) is 5.91 Å². The number of benzene rings is 1. The van der Waals surface area contributed by atoms with Gasteiger partial charge in [-0.2, -0.15) is 0 Å². The van der Waals surface area contributed by atoms with Crippen LogP contribution < -0.4 is 10.5 Å². The smallest absolute Gasteiger partial charge is 0.258 e. The summed E-state index contributed by atoms with van der Waals surface area (Å²) in [5, 5.41) is 2.84. The molecule has 0 aliphatic rings. The third-order valence-electron chi connectivity index (χ3n) is 3.81. The van der Waals surface area contributed by atoms with E-state index in [1.807, 2.05) is 12.3 Å². The molecule has 9 heteroatoms. The first kappa shape index (κ1) is 18.2. The van der Waals surface area contributed by atoms with Crippen molar-refractivity contribution in [2.45, 2.75) is 13.5 Å². The van der Waals surface area contributed by atoms with Gasteiger partial charge < -0.3 is 4.98 Å². The van der Waals surface area contributed by atoms with E-state index in [1.54, 1.807) is 19.0 Å². The minimum Gasteiger partial charge on any atom is -0.309 e. The molecule has 3 aromatic rings. The molecule has 0 spiro atoms. The molecule has 0 radical (unpaired) electrons. The van der Waals surface area contributed by atoms with Crippen molar-refractivity contribution in [3.8, 4) is 0 Å². The van der Waals surface area contributed by atoms with Crippen LogP contribution in [0.15, 0.2) is 28.4 Å². The summed E-state index contributed by atoms with van der Waals surface area (Å²) in [5.41, 5.74) is 0.821. The van der Waals surface area contributed by atoms with Gasteiger partial charge in [0.1, 0.15) is 11.6 Å². The van der Waals surface area contributed by atoms with Gasteiger partial charge in [-0.15, -0.1) is 11.3 Å². The lowest BCUT2D eigenvalue weighted by Crippen LogP contribution is -2.36. The summed E-state index contributed by atoms with van der Waals surface area (Å²) < 4.78 is 13.4. The summed E-state index contributed by atoms with van der Waals surface area (Å²) in [6.07, 6.45) is 0. The fourth-order valence-corrected chi connectivity index (χ4v) is 3.27. The second-order valence-corrected chi connectivity index (χ2v) is 6.91. The fraction of sp³-hybridized carbons (Fsp3) is 0.294. The van der Waals surface area contributed by atoms with Crippen molar-refractivity contribution in [2.75, 3.05) is 25.5 Å². The van der Waals surface area contributed by atoms with Crippen molar-refractivity contribution >= 4 is 33.3 Å². The summed E-state index contributed by atoms with van der Waals surface area (Å²) >= 11 is 1.40. The van der Waals surface area contributed by atoms with Crippen LogP contribution in [0.3, 0.4) is 0 Å². The monoisotopic (exact) mass is 375 g/mol. The number of carbonyl (C=O) groups is 1. The van der Waals surface area contributed by atoms with Crippen LogP contribution in [0.1, 0.15) is 11.5 Å². The molecule has 3 rings (SSSR count). The topological polar surface area (TPSA) is 82.2 Å². The highest BCUT2D eigenvalue weighted by Gasteiger charge is 2.17. The maximum absolute atomic E-state index is 13.4. The number of carbonyl (C=O) groups excluding carboxylic acids is 1. The van der Waals surface area contributed by atoms with E-state index in [9.17, 15) is 14.0 Å². The van der Waals surface area contributed by atoms with Crippen molar-refractivity contribution in [3.63, 3.8) is 0 Å². The highest BCUT2D eigenvalue weighted by Crippen LogP contribution is 2.18. The molecule has 7 nitrogen and oxygen atoms in total. The number of hydrogen-bond donors (Lipinski definition) is 1. The van der Waals surface area contributed by atoms with Gasteiger partial charge in [-0.3, -0.25) is 19.4 Å². The van der Waals surface area contributed by atoms with Gasteiger partial charge in [-0.25, -0.2) is 14.4 Å². The molecule has 0 saturated carbocycles. The number of halogens is 1. The van der Waals surface area contributed by atoms with Crippen LogP contribution in [0.5, 0.6) is 0 Å². The predicted octanol–water partition coefficient (Wildman–Crippen LogP) is 1.92. The minimum absolute atomic E-state index is 0.125. The van der Waals surface area contributed by atoms with E-state index in [1.165, 1.54) is 34.4 Å². The van der Waals surface area contributed by atoms with Crippen LogP contribution in [0, 0.1) is 12.7 Å². The molecule has 0 aliphatic carbocycles. The second kappa shape index (κ2) is 7.30. The van der Waals surface area contributed by atoms with Crippen molar-refractivity contribution in [2.24, 2.45) is 0 Å². The largest absolute Gasteiger partial charge is 0.309 e. The first-order valence-corrected chi connectivity index (χ1v) is 8.77. The SMILES string of the molecule is Cc1csc(N(C)C(=O)CN(C)Cc2nc3cc(F)ccc3c(=O)[nH]2)n1. The highest BCUT2D eigenvalue weighted by molar-refractivity contribution is 7.14. The van der Waals surface area contributed by atoms with E-state index < -0.39 is 5.82 Å². The molecular weight excluding hydrogens is 357 g/mol. The Labute approximate surface area is 153 Å². The minimum atomic E-state index is -0.453. The number of anilines is 1. The number of aromatic nitrogens is 3. The Hall–Kier alpha value is -2.65. The third kappa shape index (κ3) is 3.94. The molecule has 0 atom stereocenters. The van der Waals surface area contributed by atoms with Gasteiger partial charge in [-0.1, -0.05) is 0 Å². The van der Waals surface area contributed by atoms with E-state index in [0.717, 1.165) is 5.69 Å². The molecule has 1 amide bonds. The summed E-state index contributed by atoms with van der Waals surface area (Å²) in [5.74, 6) is -0.211. The van der Waals surface area contributed by atoms with Crippen molar-refractivity contribution in [3.05, 3.63) is 51.3 Å². The maximum atomic E-state index is 13.4. The quantitative estimate of drug-likeness (QED) is 0.737. The number of hydrogen-bond acceptors (Lipinski definition) is 6. The average molecular weight is 375 g/mol. The van der Waals surface area contributed by atoms with Gasteiger partial charge >= 0.3 is 0 Å². The van der Waals surface area contributed by atoms with Crippen LogP contribution in [-0.2, 0) is 11.3 Å². The summed E-state index contributed by atoms with van der Waals surface area (Å²) in [4.78, 5) is 38.9. The Morgan fingerprint density at radius 3 is 2.77 bits per heavy atom. The third-order valence-corrected chi connectivity index (χ3v) is 4.85. The Morgan fingerprint density at radius 2 is 2.08 bits per heavy atom. The Morgan fingerprint density at radius 1 is 1.31 bits per heavy atom. The number of fused-ring (bicyclic) bond motifs is 1. The number of nitrogens with zero attached hydrogens (tertiary/aromatic N) is 4. The van der Waals surface area contributed by atoms with Crippen LogP contribution in [0.2, 0.25) is 0 Å². The maximum Gasteiger partial charge on any atom is 0.258 e. The van der Waals surface area contributed by atoms with Gasteiger partial charge in [-0.05, 0) is 26.1 Å². The summed E-state index contributed by atoms with van der Waals surface area (Å²) in [6, 6.07) is 3.84. The molecule has 0 fully saturated rings. The van der Waals surface area contributed by atoms with E-state index in [4.69, 9.17) is 0 Å². The number of nitrogens with one attached hydrogen (secondary N) is 1. The zero-order valence-electron chi connectivity index (χ0n) is 14.6. The molecule has 136 valence electrons. The molecule has 2 heterocycles. The van der Waals surface area contributed by atoms with E-state index in [2.05, 4.69) is 15.0 Å². The van der Waals surface area contributed by atoms with Crippen molar-refractivity contribution in [1.82, 2.24) is 19.9 Å². The Kier molecular flexibility index (Phi) is 5.10. The van der Waals surface area contributed by atoms with Gasteiger partial charge in [0, 0.05) is 18.5 Å². The van der Waals surface area contributed by atoms with Gasteiger partial charge in [0.05, 0.1) is 29.7 Å². The second-order valence-electron chi connectivity index (χ2n) is 6.07. The van der Waals surface area contributed by atoms with Gasteiger partial charge in [0.15, 0.2) is 5.13 Å². The zero-order valence-corrected chi connectivity index (χ0v) is 15.4. The van der Waals surface area contributed by atoms with Crippen LogP contribution in [-0.4, -0.2) is 46.4 Å². The molecule has 0 unspecified atom stereocenters. The number of rotatable bonds is 5. The van der Waals surface area contributed by atoms with E-state index in [0.29, 0.717) is 21.9 Å². The predicted molar refractivity (Wildman–Crippen MR) is 98.9 cm³/mol. The molecule has 0 saturated heterocycles. The number of likely N-dealkylation sites (N-methyl/N-ethyl adjacent to an activating group) is 2. The van der Waals surface area contributed by atoms with Crippen LogP contribution >= 0.6 is 11.3 Å². The first-order valence-electron chi connectivity index (χ1n) is 7.89. The standard InChI is InChI=1S/C17H18FN5O2S/c1-10-9-26-17(19-10)23(3)15(24)8-22(2)7-14-20-13-6-11(18)4-5-12(13)16(25)21-14/h4-6,9H,7-8H2,1-3H3,(H,20,21,25). The lowest BCUT2D eigenvalue weighted by Gasteiger charge is -2.19. The van der Waals surface area contributed by atoms with E-state index >= 15 is 0 Å². The van der Waals surface area contributed by atoms with Crippen molar-refractivity contribution < 1.29 is 9.18 Å². The molecule has 0 bridgehead atoms. The molecule has 1 N–H and O–H groups in total. The average Bonchev–Trinajstić information content (AvgIpc) is 2.99. The number of amides is 1. The van der Waals surface area contributed by atoms with E-state index in [-0.39, 0.29) is 24.6 Å². The normalized spacial score (nSPS) is 11.3. The Bertz CT molecular complexity index is 1020. The highest BCUT2D eigenvalue weighted by atomic mass is 32.1. The summed E-state index contributed by atoms with van der Waals surface area (Å²) in [6.45, 7) is 2.24. The first-order chi connectivity index (χ1) is 12.3. The summed E-state index contributed by atoms with van der Waals surface area (Å²) in [7, 11) is 3.42. The van der Waals surface area contributed by atoms with Crippen molar-refractivity contribution in [1.29, 1.82) is 0 Å². The van der Waals surface area contributed by atoms with Gasteiger partial charge in [0.25, 0.3) is 5.56 Å². The lowest BCUT2D eigenvalue weighted by atomic mass is 10.2. The van der Waals surface area contributed by atoms with Crippen LogP contribution in [0.4, 0.5) is 9.52 Å². The number of aromatic amines is 1. The molecule has 0 aliphatic heterocycles. The number of H-pyrrole nitrogens is 1. The number of thiazole rings is 1.